The highest BCUT2D eigenvalue weighted by Gasteiger charge is 2.39. The van der Waals surface area contributed by atoms with Crippen molar-refractivity contribution < 1.29 is 29.0 Å². The quantitative estimate of drug-likeness (QED) is 0.595. The Kier molecular flexibility index (Phi) is 6.37. The van der Waals surface area contributed by atoms with Crippen LogP contribution in [-0.2, 0) is 19.1 Å². The van der Waals surface area contributed by atoms with Crippen LogP contribution >= 0.6 is 0 Å². The van der Waals surface area contributed by atoms with Crippen LogP contribution in [0.3, 0.4) is 0 Å². The fourth-order valence-electron chi connectivity index (χ4n) is 4.43. The van der Waals surface area contributed by atoms with E-state index in [1.165, 1.54) is 13.8 Å². The molecule has 174 valence electrons. The molecular formula is C25H28N2O6. The van der Waals surface area contributed by atoms with E-state index in [-0.39, 0.29) is 25.0 Å². The van der Waals surface area contributed by atoms with Gasteiger partial charge in [0.2, 0.25) is 5.91 Å². The molecule has 2 aliphatic rings. The second kappa shape index (κ2) is 9.23. The molecule has 1 heterocycles. The number of hydrogen-bond donors (Lipinski definition) is 3. The Morgan fingerprint density at radius 2 is 1.67 bits per heavy atom. The van der Waals surface area contributed by atoms with Gasteiger partial charge in [0.05, 0.1) is 0 Å². The molecule has 8 heteroatoms. The monoisotopic (exact) mass is 452 g/mol. The summed E-state index contributed by atoms with van der Waals surface area (Å²) >= 11 is 0. The van der Waals surface area contributed by atoms with Crippen LogP contribution in [0.1, 0.15) is 37.3 Å². The highest BCUT2D eigenvalue weighted by atomic mass is 16.5. The predicted octanol–water partition coefficient (Wildman–Crippen LogP) is 2.91. The molecule has 0 radical (unpaired) electrons. The lowest BCUT2D eigenvalue weighted by atomic mass is 9.98. The summed E-state index contributed by atoms with van der Waals surface area (Å²) in [5.74, 6) is -1.94. The Morgan fingerprint density at radius 3 is 2.27 bits per heavy atom. The van der Waals surface area contributed by atoms with E-state index in [4.69, 9.17) is 9.47 Å². The summed E-state index contributed by atoms with van der Waals surface area (Å²) in [5, 5.41) is 14.4. The van der Waals surface area contributed by atoms with Crippen molar-refractivity contribution in [1.82, 2.24) is 10.6 Å². The van der Waals surface area contributed by atoms with Gasteiger partial charge in [-0.15, -0.1) is 0 Å². The largest absolute Gasteiger partial charge is 0.480 e. The molecule has 8 nitrogen and oxygen atoms in total. The van der Waals surface area contributed by atoms with E-state index in [0.717, 1.165) is 22.3 Å². The highest BCUT2D eigenvalue weighted by Crippen LogP contribution is 2.44. The summed E-state index contributed by atoms with van der Waals surface area (Å²) in [7, 11) is 0. The maximum absolute atomic E-state index is 12.5. The molecule has 0 saturated carbocycles. The van der Waals surface area contributed by atoms with Crippen LogP contribution in [0.5, 0.6) is 0 Å². The van der Waals surface area contributed by atoms with Gasteiger partial charge in [-0.05, 0) is 42.5 Å². The zero-order valence-electron chi connectivity index (χ0n) is 18.7. The van der Waals surface area contributed by atoms with E-state index in [9.17, 15) is 19.5 Å². The van der Waals surface area contributed by atoms with Gasteiger partial charge < -0.3 is 25.2 Å². The van der Waals surface area contributed by atoms with E-state index in [1.54, 1.807) is 0 Å². The van der Waals surface area contributed by atoms with Crippen LogP contribution in [0.25, 0.3) is 11.1 Å². The van der Waals surface area contributed by atoms with Gasteiger partial charge in [0, 0.05) is 25.0 Å². The van der Waals surface area contributed by atoms with Crippen molar-refractivity contribution in [2.75, 3.05) is 19.8 Å². The number of benzene rings is 2. The fourth-order valence-corrected chi connectivity index (χ4v) is 4.43. The minimum absolute atomic E-state index is 0.0326. The van der Waals surface area contributed by atoms with Gasteiger partial charge in [-0.2, -0.15) is 0 Å². The van der Waals surface area contributed by atoms with Gasteiger partial charge in [0.25, 0.3) is 0 Å². The number of carbonyl (C=O) groups is 3. The van der Waals surface area contributed by atoms with Gasteiger partial charge >= 0.3 is 12.1 Å². The van der Waals surface area contributed by atoms with Crippen molar-refractivity contribution >= 4 is 18.0 Å². The first-order valence-electron chi connectivity index (χ1n) is 11.0. The molecule has 2 aromatic carbocycles. The van der Waals surface area contributed by atoms with E-state index in [0.29, 0.717) is 13.0 Å². The molecule has 2 unspecified atom stereocenters. The fraction of sp³-hybridized carbons (Fsp3) is 0.400. The Bertz CT molecular complexity index is 1020. The summed E-state index contributed by atoms with van der Waals surface area (Å²) in [6, 6.07) is 16.2. The second-order valence-electron chi connectivity index (χ2n) is 8.97. The van der Waals surface area contributed by atoms with E-state index >= 15 is 0 Å². The smallest absolute Gasteiger partial charge is 0.407 e. The van der Waals surface area contributed by atoms with E-state index in [1.807, 2.05) is 24.3 Å². The molecule has 3 N–H and O–H groups in total. The third-order valence-corrected chi connectivity index (χ3v) is 6.30. The van der Waals surface area contributed by atoms with Crippen molar-refractivity contribution in [3.8, 4) is 11.1 Å². The topological polar surface area (TPSA) is 114 Å². The number of aliphatic carboxylic acids is 1. The standard InChI is InChI=1S/C25H28N2O6/c1-25(2,23(29)30)27-22(28)21-15(11-12-32-21)13-26-24(31)33-14-20-18-9-5-3-7-16(18)17-8-4-6-10-19(17)20/h3-10,15,20-21H,11-14H2,1-2H3,(H,26,31)(H,27,28)(H,29,30). The molecule has 2 aromatic rings. The second-order valence-corrected chi connectivity index (χ2v) is 8.97. The molecule has 1 saturated heterocycles. The van der Waals surface area contributed by atoms with Crippen LogP contribution in [0.2, 0.25) is 0 Å². The predicted molar refractivity (Wildman–Crippen MR) is 121 cm³/mol. The van der Waals surface area contributed by atoms with Crippen LogP contribution in [0, 0.1) is 5.92 Å². The van der Waals surface area contributed by atoms with Crippen molar-refractivity contribution in [3.05, 3.63) is 59.7 Å². The molecular weight excluding hydrogens is 424 g/mol. The first-order chi connectivity index (χ1) is 15.8. The normalized spacial score (nSPS) is 19.5. The Labute approximate surface area is 192 Å². The van der Waals surface area contributed by atoms with Gasteiger partial charge in [-0.1, -0.05) is 48.5 Å². The molecule has 0 bridgehead atoms. The number of nitrogens with one attached hydrogen (secondary N) is 2. The molecule has 1 fully saturated rings. The van der Waals surface area contributed by atoms with Gasteiger partial charge in [-0.25, -0.2) is 9.59 Å². The molecule has 1 aliphatic heterocycles. The average molecular weight is 453 g/mol. The number of fused-ring (bicyclic) bond motifs is 3. The number of carboxylic acid groups (broad SMARTS) is 1. The number of carbonyl (C=O) groups excluding carboxylic acids is 2. The molecule has 2 amide bonds. The highest BCUT2D eigenvalue weighted by molar-refractivity contribution is 5.89. The maximum Gasteiger partial charge on any atom is 0.407 e. The van der Waals surface area contributed by atoms with Crippen LogP contribution in [0.4, 0.5) is 4.79 Å². The summed E-state index contributed by atoms with van der Waals surface area (Å²) < 4.78 is 11.0. The lowest BCUT2D eigenvalue weighted by Gasteiger charge is -2.25. The van der Waals surface area contributed by atoms with Gasteiger partial charge in [0.15, 0.2) is 0 Å². The number of carboxylic acids is 1. The SMILES string of the molecule is CC(C)(NC(=O)C1OCCC1CNC(=O)OCC1c2ccccc2-c2ccccc21)C(=O)O. The number of hydrogen-bond acceptors (Lipinski definition) is 5. The molecule has 4 rings (SSSR count). The number of rotatable bonds is 7. The average Bonchev–Trinajstić information content (AvgIpc) is 3.39. The van der Waals surface area contributed by atoms with E-state index in [2.05, 4.69) is 34.9 Å². The number of ether oxygens (including phenoxy) is 2. The molecule has 1 aliphatic carbocycles. The third kappa shape index (κ3) is 4.71. The third-order valence-electron chi connectivity index (χ3n) is 6.30. The zero-order chi connectivity index (χ0) is 23.6. The first-order valence-corrected chi connectivity index (χ1v) is 11.0. The zero-order valence-corrected chi connectivity index (χ0v) is 18.7. The number of amides is 2. The van der Waals surface area contributed by atoms with Crippen LogP contribution in [-0.4, -0.2) is 54.5 Å². The number of alkyl carbamates (subject to hydrolysis) is 1. The van der Waals surface area contributed by atoms with Gasteiger partial charge in [-0.3, -0.25) is 4.79 Å². The van der Waals surface area contributed by atoms with Gasteiger partial charge in [0.1, 0.15) is 18.2 Å². The Hall–Kier alpha value is -3.39. The minimum atomic E-state index is -1.41. The van der Waals surface area contributed by atoms with Crippen molar-refractivity contribution in [1.29, 1.82) is 0 Å². The summed E-state index contributed by atoms with van der Waals surface area (Å²) in [6.45, 7) is 3.58. The lowest BCUT2D eigenvalue weighted by molar-refractivity contribution is -0.148. The lowest BCUT2D eigenvalue weighted by Crippen LogP contribution is -2.54. The Balaban J connectivity index is 1.32. The minimum Gasteiger partial charge on any atom is -0.480 e. The summed E-state index contributed by atoms with van der Waals surface area (Å²) in [4.78, 5) is 36.2. The Morgan fingerprint density at radius 1 is 1.06 bits per heavy atom. The van der Waals surface area contributed by atoms with Crippen LogP contribution < -0.4 is 10.6 Å². The molecule has 33 heavy (non-hydrogen) atoms. The van der Waals surface area contributed by atoms with Crippen molar-refractivity contribution in [2.45, 2.75) is 37.8 Å². The molecule has 2 atom stereocenters. The van der Waals surface area contributed by atoms with E-state index < -0.39 is 29.6 Å². The molecule has 0 aromatic heterocycles. The molecule has 0 spiro atoms. The van der Waals surface area contributed by atoms with Crippen molar-refractivity contribution in [2.24, 2.45) is 5.92 Å². The summed E-state index contributed by atoms with van der Waals surface area (Å²) in [5.41, 5.74) is 3.17. The first kappa shape index (κ1) is 22.8. The van der Waals surface area contributed by atoms with Crippen LogP contribution in [0.15, 0.2) is 48.5 Å². The maximum atomic E-state index is 12.5. The summed E-state index contributed by atoms with van der Waals surface area (Å²) in [6.07, 6.45) is -0.804. The van der Waals surface area contributed by atoms with Crippen molar-refractivity contribution in [3.63, 3.8) is 0 Å².